The molecule has 0 fully saturated rings. The first-order valence-corrected chi connectivity index (χ1v) is 6.52. The van der Waals surface area contributed by atoms with Crippen molar-refractivity contribution in [3.05, 3.63) is 29.8 Å². The second-order valence-corrected chi connectivity index (χ2v) is 4.37. The molecule has 7 heteroatoms. The molecule has 1 rings (SSSR count). The summed E-state index contributed by atoms with van der Waals surface area (Å²) < 4.78 is 37.6. The Kier molecular flexibility index (Phi) is 5.75. The maximum Gasteiger partial charge on any atom is 0.416 e. The van der Waals surface area contributed by atoms with Gasteiger partial charge in [-0.2, -0.15) is 13.2 Å². The number of hydrogen-bond donors (Lipinski definition) is 1. The largest absolute Gasteiger partial charge is 0.416 e. The van der Waals surface area contributed by atoms with Gasteiger partial charge in [0.2, 0.25) is 11.8 Å². The van der Waals surface area contributed by atoms with E-state index in [0.29, 0.717) is 13.1 Å². The molecular formula is C14H17F3N2O2. The molecule has 0 aliphatic heterocycles. The predicted molar refractivity (Wildman–Crippen MR) is 72.6 cm³/mol. The Bertz CT molecular complexity index is 511. The second kappa shape index (κ2) is 7.10. The van der Waals surface area contributed by atoms with Crippen molar-refractivity contribution in [1.82, 2.24) is 4.90 Å². The van der Waals surface area contributed by atoms with Crippen molar-refractivity contribution in [2.75, 3.05) is 18.4 Å². The third-order valence-electron chi connectivity index (χ3n) is 2.90. The Balaban J connectivity index is 2.69. The molecule has 0 heterocycles. The molecule has 0 saturated carbocycles. The Morgan fingerprint density at radius 2 is 1.81 bits per heavy atom. The number of benzene rings is 1. The van der Waals surface area contributed by atoms with Crippen LogP contribution in [0, 0.1) is 0 Å². The third kappa shape index (κ3) is 5.09. The molecule has 0 bridgehead atoms. The van der Waals surface area contributed by atoms with Gasteiger partial charge in [0, 0.05) is 18.8 Å². The summed E-state index contributed by atoms with van der Waals surface area (Å²) in [7, 11) is 0. The van der Waals surface area contributed by atoms with E-state index < -0.39 is 24.1 Å². The lowest BCUT2D eigenvalue weighted by Crippen LogP contribution is -2.33. The number of amides is 2. The Labute approximate surface area is 120 Å². The first-order valence-electron chi connectivity index (χ1n) is 6.52. The fourth-order valence-electron chi connectivity index (χ4n) is 1.80. The van der Waals surface area contributed by atoms with Crippen LogP contribution < -0.4 is 5.32 Å². The predicted octanol–water partition coefficient (Wildman–Crippen LogP) is 2.90. The van der Waals surface area contributed by atoms with Crippen molar-refractivity contribution in [2.45, 2.75) is 26.4 Å². The molecule has 0 radical (unpaired) electrons. The van der Waals surface area contributed by atoms with Gasteiger partial charge < -0.3 is 10.2 Å². The maximum atomic E-state index is 12.5. The molecule has 0 unspecified atom stereocenters. The van der Waals surface area contributed by atoms with E-state index in [1.807, 2.05) is 0 Å². The van der Waals surface area contributed by atoms with Gasteiger partial charge in [0.05, 0.1) is 5.56 Å². The average molecular weight is 302 g/mol. The average Bonchev–Trinajstić information content (AvgIpc) is 2.39. The van der Waals surface area contributed by atoms with E-state index in [1.54, 1.807) is 13.8 Å². The molecule has 0 aromatic heterocycles. The Hall–Kier alpha value is -2.05. The van der Waals surface area contributed by atoms with Gasteiger partial charge in [-0.25, -0.2) is 0 Å². The number of alkyl halides is 3. The summed E-state index contributed by atoms with van der Waals surface area (Å²) in [6.45, 7) is 4.52. The molecule has 0 aliphatic carbocycles. The highest BCUT2D eigenvalue weighted by atomic mass is 19.4. The van der Waals surface area contributed by atoms with Crippen LogP contribution in [-0.2, 0) is 15.8 Å². The zero-order valence-corrected chi connectivity index (χ0v) is 11.8. The highest BCUT2D eigenvalue weighted by molar-refractivity contribution is 6.03. The highest BCUT2D eigenvalue weighted by Crippen LogP contribution is 2.30. The third-order valence-corrected chi connectivity index (χ3v) is 2.90. The zero-order chi connectivity index (χ0) is 16.0. The fraction of sp³-hybridized carbons (Fsp3) is 0.429. The van der Waals surface area contributed by atoms with E-state index in [1.165, 1.54) is 17.0 Å². The first kappa shape index (κ1) is 17.0. The van der Waals surface area contributed by atoms with Gasteiger partial charge in [-0.3, -0.25) is 9.59 Å². The summed E-state index contributed by atoms with van der Waals surface area (Å²) in [5.74, 6) is -0.990. The minimum absolute atomic E-state index is 0.0159. The molecule has 21 heavy (non-hydrogen) atoms. The monoisotopic (exact) mass is 302 g/mol. The van der Waals surface area contributed by atoms with Crippen molar-refractivity contribution in [2.24, 2.45) is 0 Å². The number of halogens is 3. The van der Waals surface area contributed by atoms with Crippen molar-refractivity contribution >= 4 is 17.5 Å². The van der Waals surface area contributed by atoms with Crippen molar-refractivity contribution in [3.8, 4) is 0 Å². The number of anilines is 1. The Morgan fingerprint density at radius 3 is 2.33 bits per heavy atom. The van der Waals surface area contributed by atoms with Crippen LogP contribution in [0.4, 0.5) is 18.9 Å². The number of nitrogens with zero attached hydrogens (tertiary/aromatic N) is 1. The number of rotatable bonds is 5. The molecule has 0 saturated heterocycles. The highest BCUT2D eigenvalue weighted by Gasteiger charge is 2.30. The van der Waals surface area contributed by atoms with E-state index in [2.05, 4.69) is 5.32 Å². The van der Waals surface area contributed by atoms with Gasteiger partial charge >= 0.3 is 6.18 Å². The van der Waals surface area contributed by atoms with E-state index in [9.17, 15) is 22.8 Å². The number of nitrogens with one attached hydrogen (secondary N) is 1. The van der Waals surface area contributed by atoms with E-state index >= 15 is 0 Å². The Morgan fingerprint density at radius 1 is 1.19 bits per heavy atom. The number of carbonyl (C=O) groups is 2. The molecule has 0 aliphatic rings. The summed E-state index contributed by atoms with van der Waals surface area (Å²) in [6.07, 6.45) is -4.87. The zero-order valence-electron chi connectivity index (χ0n) is 11.8. The van der Waals surface area contributed by atoms with Crippen LogP contribution in [0.15, 0.2) is 24.3 Å². The lowest BCUT2D eigenvalue weighted by molar-refractivity contribution is -0.138. The van der Waals surface area contributed by atoms with Crippen LogP contribution in [0.5, 0.6) is 0 Å². The molecular weight excluding hydrogens is 285 g/mol. The molecule has 116 valence electrons. The quantitative estimate of drug-likeness (QED) is 0.850. The molecule has 0 atom stereocenters. The van der Waals surface area contributed by atoms with Crippen LogP contribution in [0.3, 0.4) is 0 Å². The smallest absolute Gasteiger partial charge is 0.343 e. The van der Waals surface area contributed by atoms with Crippen molar-refractivity contribution in [1.29, 1.82) is 0 Å². The topological polar surface area (TPSA) is 49.4 Å². The van der Waals surface area contributed by atoms with Gasteiger partial charge in [-0.1, -0.05) is 6.07 Å². The van der Waals surface area contributed by atoms with Crippen LogP contribution >= 0.6 is 0 Å². The van der Waals surface area contributed by atoms with Crippen LogP contribution in [0.1, 0.15) is 25.8 Å². The molecule has 4 nitrogen and oxygen atoms in total. The molecule has 0 spiro atoms. The number of hydrogen-bond acceptors (Lipinski definition) is 2. The van der Waals surface area contributed by atoms with Crippen LogP contribution in [0.2, 0.25) is 0 Å². The van der Waals surface area contributed by atoms with Gasteiger partial charge in [-0.15, -0.1) is 0 Å². The summed E-state index contributed by atoms with van der Waals surface area (Å²) in [4.78, 5) is 24.9. The van der Waals surface area contributed by atoms with Gasteiger partial charge in [0.1, 0.15) is 6.42 Å². The van der Waals surface area contributed by atoms with Gasteiger partial charge in [-0.05, 0) is 32.0 Å². The van der Waals surface area contributed by atoms with E-state index in [0.717, 1.165) is 12.1 Å². The molecule has 1 aromatic rings. The summed E-state index contributed by atoms with van der Waals surface area (Å²) in [6, 6.07) is 4.29. The SMILES string of the molecule is CCN(CC)C(=O)CC(=O)Nc1cccc(C(F)(F)F)c1. The normalized spacial score (nSPS) is 11.1. The first-order chi connectivity index (χ1) is 9.77. The summed E-state index contributed by atoms with van der Waals surface area (Å²) in [5, 5.41) is 2.30. The van der Waals surface area contributed by atoms with E-state index in [-0.39, 0.29) is 11.6 Å². The maximum absolute atomic E-state index is 12.5. The lowest BCUT2D eigenvalue weighted by atomic mass is 10.2. The molecule has 1 aromatic carbocycles. The van der Waals surface area contributed by atoms with Gasteiger partial charge in [0.15, 0.2) is 0 Å². The van der Waals surface area contributed by atoms with Crippen LogP contribution in [-0.4, -0.2) is 29.8 Å². The second-order valence-electron chi connectivity index (χ2n) is 4.37. The van der Waals surface area contributed by atoms with Crippen molar-refractivity contribution in [3.63, 3.8) is 0 Å². The lowest BCUT2D eigenvalue weighted by Gasteiger charge is -2.18. The minimum Gasteiger partial charge on any atom is -0.343 e. The molecule has 1 N–H and O–H groups in total. The molecule has 2 amide bonds. The standard InChI is InChI=1S/C14H17F3N2O2/c1-3-19(4-2)13(21)9-12(20)18-11-7-5-6-10(8-11)14(15,16)17/h5-8H,3-4,9H2,1-2H3,(H,18,20). The van der Waals surface area contributed by atoms with Crippen molar-refractivity contribution < 1.29 is 22.8 Å². The summed E-state index contributed by atoms with van der Waals surface area (Å²) in [5.41, 5.74) is -0.836. The minimum atomic E-state index is -4.47. The fourth-order valence-corrected chi connectivity index (χ4v) is 1.80. The summed E-state index contributed by atoms with van der Waals surface area (Å²) >= 11 is 0. The van der Waals surface area contributed by atoms with Gasteiger partial charge in [0.25, 0.3) is 0 Å². The van der Waals surface area contributed by atoms with E-state index in [4.69, 9.17) is 0 Å². The number of carbonyl (C=O) groups excluding carboxylic acids is 2. The van der Waals surface area contributed by atoms with Crippen LogP contribution in [0.25, 0.3) is 0 Å².